The Morgan fingerprint density at radius 3 is 2.62 bits per heavy atom. The Balaban J connectivity index is 2.40. The van der Waals surface area contributed by atoms with Gasteiger partial charge in [0.05, 0.1) is 5.69 Å². The summed E-state index contributed by atoms with van der Waals surface area (Å²) in [7, 11) is 0. The van der Waals surface area contributed by atoms with E-state index in [1.54, 1.807) is 19.1 Å². The van der Waals surface area contributed by atoms with Crippen molar-refractivity contribution in [3.05, 3.63) is 70.5 Å². The number of amides is 1. The maximum absolute atomic E-state index is 12.1. The van der Waals surface area contributed by atoms with Gasteiger partial charge in [-0.1, -0.05) is 36.4 Å². The molecule has 0 fully saturated rings. The van der Waals surface area contributed by atoms with Gasteiger partial charge in [0.15, 0.2) is 0 Å². The van der Waals surface area contributed by atoms with Crippen LogP contribution in [-0.2, 0) is 0 Å². The van der Waals surface area contributed by atoms with Crippen molar-refractivity contribution in [2.45, 2.75) is 19.9 Å². The summed E-state index contributed by atoms with van der Waals surface area (Å²) in [5.74, 6) is -0.397. The van der Waals surface area contributed by atoms with E-state index in [1.165, 1.54) is 0 Å². The number of carbonyl (C=O) groups excluding carboxylic acids is 1. The minimum atomic E-state index is -0.397. The number of aromatic amines is 1. The van der Waals surface area contributed by atoms with Crippen LogP contribution in [0.3, 0.4) is 0 Å². The molecule has 0 aliphatic carbocycles. The summed E-state index contributed by atoms with van der Waals surface area (Å²) < 4.78 is 0. The van der Waals surface area contributed by atoms with Crippen molar-refractivity contribution < 1.29 is 4.79 Å². The zero-order valence-electron chi connectivity index (χ0n) is 12.1. The predicted molar refractivity (Wildman–Crippen MR) is 84.4 cm³/mol. The van der Waals surface area contributed by atoms with Gasteiger partial charge >= 0.3 is 0 Å². The first-order chi connectivity index (χ1) is 10.0. The predicted octanol–water partition coefficient (Wildman–Crippen LogP) is 2.65. The van der Waals surface area contributed by atoms with Crippen LogP contribution >= 0.6 is 0 Å². The number of H-pyrrole nitrogens is 1. The van der Waals surface area contributed by atoms with Crippen LogP contribution in [-0.4, -0.2) is 16.9 Å². The van der Waals surface area contributed by atoms with Gasteiger partial charge in [0.25, 0.3) is 11.5 Å². The molecule has 0 unspecified atom stereocenters. The molecule has 1 heterocycles. The highest BCUT2D eigenvalue weighted by Gasteiger charge is 2.14. The first-order valence-electron chi connectivity index (χ1n) is 6.75. The second kappa shape index (κ2) is 6.22. The number of pyridine rings is 1. The van der Waals surface area contributed by atoms with Crippen molar-refractivity contribution in [1.29, 1.82) is 0 Å². The number of aromatic nitrogens is 1. The van der Waals surface area contributed by atoms with Crippen LogP contribution in [0.15, 0.2) is 53.8 Å². The molecule has 0 saturated carbocycles. The Kier molecular flexibility index (Phi) is 4.38. The van der Waals surface area contributed by atoms with Crippen molar-refractivity contribution in [2.75, 3.05) is 0 Å². The normalized spacial score (nSPS) is 11.7. The molecule has 1 aromatic heterocycles. The second-order valence-electron chi connectivity index (χ2n) is 4.93. The highest BCUT2D eigenvalue weighted by molar-refractivity contribution is 5.94. The van der Waals surface area contributed by atoms with E-state index in [0.29, 0.717) is 0 Å². The van der Waals surface area contributed by atoms with Crippen LogP contribution in [0.2, 0.25) is 0 Å². The van der Waals surface area contributed by atoms with Gasteiger partial charge in [-0.15, -0.1) is 6.58 Å². The van der Waals surface area contributed by atoms with Crippen LogP contribution in [0, 0.1) is 6.92 Å². The molecular formula is C17H18N2O2. The summed E-state index contributed by atoms with van der Waals surface area (Å²) >= 11 is 0. The minimum absolute atomic E-state index is 0.112. The standard InChI is InChI=1S/C17H18N2O2/c1-4-12(3)18-16(20)14-10-11(2)15(19-17(14)21)13-8-6-5-7-9-13/h4-10,12H,1H2,2-3H3,(H,18,20)(H,19,21)/t12-/m0/s1. The van der Waals surface area contributed by atoms with Gasteiger partial charge in [0.2, 0.25) is 0 Å². The highest BCUT2D eigenvalue weighted by Crippen LogP contribution is 2.19. The lowest BCUT2D eigenvalue weighted by Gasteiger charge is -2.11. The largest absolute Gasteiger partial charge is 0.346 e. The highest BCUT2D eigenvalue weighted by atomic mass is 16.2. The molecule has 4 nitrogen and oxygen atoms in total. The van der Waals surface area contributed by atoms with Gasteiger partial charge in [-0.2, -0.15) is 0 Å². The van der Waals surface area contributed by atoms with E-state index in [1.807, 2.05) is 37.3 Å². The monoisotopic (exact) mass is 282 g/mol. The average molecular weight is 282 g/mol. The molecule has 2 N–H and O–H groups in total. The first kappa shape index (κ1) is 14.8. The smallest absolute Gasteiger partial charge is 0.261 e. The summed E-state index contributed by atoms with van der Waals surface area (Å²) in [6, 6.07) is 11.0. The van der Waals surface area contributed by atoms with Crippen molar-refractivity contribution >= 4 is 5.91 Å². The van der Waals surface area contributed by atoms with E-state index >= 15 is 0 Å². The molecule has 108 valence electrons. The summed E-state index contributed by atoms with van der Waals surface area (Å²) in [6.45, 7) is 7.26. The van der Waals surface area contributed by atoms with Gasteiger partial charge in [-0.05, 0) is 31.0 Å². The number of aryl methyl sites for hydroxylation is 1. The fourth-order valence-electron chi connectivity index (χ4n) is 2.05. The van der Waals surface area contributed by atoms with E-state index in [-0.39, 0.29) is 11.6 Å². The lowest BCUT2D eigenvalue weighted by Crippen LogP contribution is -2.35. The molecule has 1 amide bonds. The average Bonchev–Trinajstić information content (AvgIpc) is 2.49. The van der Waals surface area contributed by atoms with E-state index < -0.39 is 11.5 Å². The lowest BCUT2D eigenvalue weighted by molar-refractivity contribution is 0.0945. The Hall–Kier alpha value is -2.62. The third-order valence-electron chi connectivity index (χ3n) is 3.26. The fourth-order valence-corrected chi connectivity index (χ4v) is 2.05. The topological polar surface area (TPSA) is 62.0 Å². The Morgan fingerprint density at radius 1 is 1.33 bits per heavy atom. The first-order valence-corrected chi connectivity index (χ1v) is 6.75. The number of rotatable bonds is 4. The van der Waals surface area contributed by atoms with Crippen molar-refractivity contribution in [3.8, 4) is 11.3 Å². The minimum Gasteiger partial charge on any atom is -0.346 e. The van der Waals surface area contributed by atoms with Gasteiger partial charge in [-0.25, -0.2) is 0 Å². The number of carbonyl (C=O) groups is 1. The zero-order valence-corrected chi connectivity index (χ0v) is 12.1. The van der Waals surface area contributed by atoms with Gasteiger partial charge in [0.1, 0.15) is 5.56 Å². The van der Waals surface area contributed by atoms with E-state index in [9.17, 15) is 9.59 Å². The number of benzene rings is 1. The summed E-state index contributed by atoms with van der Waals surface area (Å²) in [5, 5.41) is 2.70. The van der Waals surface area contributed by atoms with E-state index in [2.05, 4.69) is 16.9 Å². The molecule has 0 spiro atoms. The van der Waals surface area contributed by atoms with Crippen LogP contribution < -0.4 is 10.9 Å². The Labute approximate surface area is 123 Å². The molecule has 0 radical (unpaired) electrons. The van der Waals surface area contributed by atoms with Gasteiger partial charge in [0, 0.05) is 6.04 Å². The molecule has 2 aromatic rings. The SMILES string of the molecule is C=C[C@H](C)NC(=O)c1cc(C)c(-c2ccccc2)[nH]c1=O. The van der Waals surface area contributed by atoms with Crippen LogP contribution in [0.25, 0.3) is 11.3 Å². The molecule has 0 aliphatic rings. The molecule has 0 saturated heterocycles. The molecule has 1 atom stereocenters. The van der Waals surface area contributed by atoms with Crippen LogP contribution in [0.4, 0.5) is 0 Å². The number of hydrogen-bond acceptors (Lipinski definition) is 2. The Bertz CT molecular complexity index is 717. The van der Waals surface area contributed by atoms with Crippen molar-refractivity contribution in [1.82, 2.24) is 10.3 Å². The number of nitrogens with one attached hydrogen (secondary N) is 2. The summed E-state index contributed by atoms with van der Waals surface area (Å²) in [6.07, 6.45) is 1.61. The maximum Gasteiger partial charge on any atom is 0.261 e. The fraction of sp³-hybridized carbons (Fsp3) is 0.176. The van der Waals surface area contributed by atoms with Gasteiger partial charge < -0.3 is 10.3 Å². The summed E-state index contributed by atoms with van der Waals surface area (Å²) in [4.78, 5) is 27.0. The lowest BCUT2D eigenvalue weighted by atomic mass is 10.0. The molecule has 4 heteroatoms. The number of hydrogen-bond donors (Lipinski definition) is 2. The third-order valence-corrected chi connectivity index (χ3v) is 3.26. The zero-order chi connectivity index (χ0) is 15.4. The van der Waals surface area contributed by atoms with Crippen molar-refractivity contribution in [2.24, 2.45) is 0 Å². The van der Waals surface area contributed by atoms with Gasteiger partial charge in [-0.3, -0.25) is 9.59 Å². The molecular weight excluding hydrogens is 264 g/mol. The van der Waals surface area contributed by atoms with E-state index in [4.69, 9.17) is 0 Å². The van der Waals surface area contributed by atoms with Crippen LogP contribution in [0.1, 0.15) is 22.8 Å². The third kappa shape index (κ3) is 3.28. The maximum atomic E-state index is 12.1. The summed E-state index contributed by atoms with van der Waals surface area (Å²) in [5.41, 5.74) is 2.21. The quantitative estimate of drug-likeness (QED) is 0.847. The molecule has 0 bridgehead atoms. The van der Waals surface area contributed by atoms with Crippen LogP contribution in [0.5, 0.6) is 0 Å². The molecule has 21 heavy (non-hydrogen) atoms. The molecule has 2 rings (SSSR count). The van der Waals surface area contributed by atoms with Crippen molar-refractivity contribution in [3.63, 3.8) is 0 Å². The molecule has 1 aromatic carbocycles. The second-order valence-corrected chi connectivity index (χ2v) is 4.93. The Morgan fingerprint density at radius 2 is 2.00 bits per heavy atom. The molecule has 0 aliphatic heterocycles. The van der Waals surface area contributed by atoms with E-state index in [0.717, 1.165) is 16.8 Å².